The molecule has 2 rings (SSSR count). The third kappa shape index (κ3) is 4.03. The van der Waals surface area contributed by atoms with E-state index in [1.54, 1.807) is 11.8 Å². The monoisotopic (exact) mass is 366 g/mol. The normalized spacial score (nSPS) is 21.3. The van der Waals surface area contributed by atoms with Gasteiger partial charge in [0, 0.05) is 12.1 Å². The molecule has 0 spiro atoms. The molecule has 1 aromatic rings. The maximum atomic E-state index is 12.7. The third-order valence-electron chi connectivity index (χ3n) is 4.91. The molecule has 1 aliphatic rings. The number of piperidine rings is 1. The van der Waals surface area contributed by atoms with E-state index in [4.69, 9.17) is 4.74 Å². The van der Waals surface area contributed by atoms with Gasteiger partial charge in [0.15, 0.2) is 6.10 Å². The molecule has 0 saturated carbocycles. The molecule has 2 heterocycles. The number of amides is 1. The predicted molar refractivity (Wildman–Crippen MR) is 93.5 cm³/mol. The van der Waals surface area contributed by atoms with Gasteiger partial charge in [-0.05, 0) is 53.9 Å². The van der Waals surface area contributed by atoms with E-state index in [1.807, 2.05) is 13.8 Å². The molecule has 0 aliphatic carbocycles. The number of carbonyl (C=O) groups is 2. The van der Waals surface area contributed by atoms with Crippen molar-refractivity contribution in [3.63, 3.8) is 0 Å². The van der Waals surface area contributed by atoms with Crippen molar-refractivity contribution < 1.29 is 19.2 Å². The standard InChI is InChI=1S/C17H26N4O5/c1-10-7-6-8-11(2)20(10)17(23)14(5)26-15(22)9-19-13(4)16(21(24)25)12(3)18-19/h10-11,14H,6-9H2,1-5H3/t10-,11-,14+/m0/s1. The van der Waals surface area contributed by atoms with Crippen molar-refractivity contribution in [1.82, 2.24) is 14.7 Å². The second-order valence-electron chi connectivity index (χ2n) is 6.94. The molecule has 9 heteroatoms. The van der Waals surface area contributed by atoms with Crippen molar-refractivity contribution in [2.24, 2.45) is 0 Å². The van der Waals surface area contributed by atoms with Crippen LogP contribution in [0.15, 0.2) is 0 Å². The zero-order chi connectivity index (χ0) is 19.6. The van der Waals surface area contributed by atoms with Gasteiger partial charge in [0.1, 0.15) is 17.9 Å². The van der Waals surface area contributed by atoms with E-state index in [1.165, 1.54) is 18.5 Å². The first-order chi connectivity index (χ1) is 12.1. The number of nitrogens with zero attached hydrogens (tertiary/aromatic N) is 4. The summed E-state index contributed by atoms with van der Waals surface area (Å²) in [4.78, 5) is 37.1. The smallest absolute Gasteiger partial charge is 0.328 e. The number of hydrogen-bond acceptors (Lipinski definition) is 6. The Morgan fingerprint density at radius 2 is 1.88 bits per heavy atom. The number of likely N-dealkylation sites (tertiary alicyclic amines) is 1. The lowest BCUT2D eigenvalue weighted by Crippen LogP contribution is -2.51. The molecule has 1 fully saturated rings. The van der Waals surface area contributed by atoms with E-state index < -0.39 is 17.0 Å². The highest BCUT2D eigenvalue weighted by Gasteiger charge is 2.33. The van der Waals surface area contributed by atoms with Crippen molar-refractivity contribution in [2.45, 2.75) is 78.6 Å². The minimum atomic E-state index is -0.905. The summed E-state index contributed by atoms with van der Waals surface area (Å²) in [6, 6.07) is 0.233. The van der Waals surface area contributed by atoms with E-state index in [0.29, 0.717) is 0 Å². The Labute approximate surface area is 152 Å². The maximum absolute atomic E-state index is 12.7. The molecular formula is C17H26N4O5. The van der Waals surface area contributed by atoms with Gasteiger partial charge in [0.2, 0.25) is 0 Å². The fourth-order valence-corrected chi connectivity index (χ4v) is 3.58. The van der Waals surface area contributed by atoms with Crippen LogP contribution in [0.3, 0.4) is 0 Å². The van der Waals surface area contributed by atoms with E-state index >= 15 is 0 Å². The number of esters is 1. The molecule has 0 N–H and O–H groups in total. The molecule has 0 bridgehead atoms. The first kappa shape index (κ1) is 19.9. The van der Waals surface area contributed by atoms with Crippen LogP contribution in [0.5, 0.6) is 0 Å². The Balaban J connectivity index is 2.02. The minimum Gasteiger partial charge on any atom is -0.451 e. The fraction of sp³-hybridized carbons (Fsp3) is 0.706. The highest BCUT2D eigenvalue weighted by Crippen LogP contribution is 2.24. The van der Waals surface area contributed by atoms with Crippen LogP contribution in [-0.4, -0.2) is 49.7 Å². The molecule has 1 amide bonds. The summed E-state index contributed by atoms with van der Waals surface area (Å²) < 4.78 is 6.51. The van der Waals surface area contributed by atoms with Crippen molar-refractivity contribution >= 4 is 17.6 Å². The summed E-state index contributed by atoms with van der Waals surface area (Å²) in [5.74, 6) is -0.860. The molecule has 1 aliphatic heterocycles. The Morgan fingerprint density at radius 3 is 2.38 bits per heavy atom. The van der Waals surface area contributed by atoms with Crippen molar-refractivity contribution in [3.8, 4) is 0 Å². The summed E-state index contributed by atoms with van der Waals surface area (Å²) in [5.41, 5.74) is 0.403. The molecular weight excluding hydrogens is 340 g/mol. The second-order valence-corrected chi connectivity index (χ2v) is 6.94. The van der Waals surface area contributed by atoms with Gasteiger partial charge in [-0.25, -0.2) is 0 Å². The van der Waals surface area contributed by atoms with E-state index in [2.05, 4.69) is 5.10 Å². The summed E-state index contributed by atoms with van der Waals surface area (Å²) in [7, 11) is 0. The first-order valence-electron chi connectivity index (χ1n) is 8.83. The predicted octanol–water partition coefficient (Wildman–Crippen LogP) is 2.13. The molecule has 9 nitrogen and oxygen atoms in total. The quantitative estimate of drug-likeness (QED) is 0.449. The molecule has 3 atom stereocenters. The largest absolute Gasteiger partial charge is 0.451 e. The molecule has 1 aromatic heterocycles. The average molecular weight is 366 g/mol. The van der Waals surface area contributed by atoms with Gasteiger partial charge in [0.05, 0.1) is 4.92 Å². The van der Waals surface area contributed by atoms with Crippen LogP contribution in [0, 0.1) is 24.0 Å². The zero-order valence-corrected chi connectivity index (χ0v) is 15.9. The summed E-state index contributed by atoms with van der Waals surface area (Å²) in [6.45, 7) is 8.31. The van der Waals surface area contributed by atoms with Crippen LogP contribution in [0.4, 0.5) is 5.69 Å². The van der Waals surface area contributed by atoms with Crippen LogP contribution < -0.4 is 0 Å². The number of hydrogen-bond donors (Lipinski definition) is 0. The fourth-order valence-electron chi connectivity index (χ4n) is 3.58. The topological polar surface area (TPSA) is 108 Å². The highest BCUT2D eigenvalue weighted by molar-refractivity contribution is 5.84. The number of carbonyl (C=O) groups excluding carboxylic acids is 2. The van der Waals surface area contributed by atoms with Gasteiger partial charge < -0.3 is 9.64 Å². The number of ether oxygens (including phenoxy) is 1. The van der Waals surface area contributed by atoms with E-state index in [-0.39, 0.29) is 41.6 Å². The SMILES string of the molecule is Cc1nn(CC(=O)O[C@H](C)C(=O)N2[C@@H](C)CCC[C@@H]2C)c(C)c1[N+](=O)[O-]. The van der Waals surface area contributed by atoms with Gasteiger partial charge in [-0.15, -0.1) is 0 Å². The molecule has 1 saturated heterocycles. The maximum Gasteiger partial charge on any atom is 0.328 e. The van der Waals surface area contributed by atoms with Gasteiger partial charge in [-0.1, -0.05) is 0 Å². The first-order valence-corrected chi connectivity index (χ1v) is 8.83. The lowest BCUT2D eigenvalue weighted by Gasteiger charge is -2.40. The van der Waals surface area contributed by atoms with E-state index in [0.717, 1.165) is 19.3 Å². The number of aryl methyl sites for hydroxylation is 1. The van der Waals surface area contributed by atoms with Crippen molar-refractivity contribution in [2.75, 3.05) is 0 Å². The lowest BCUT2D eigenvalue weighted by molar-refractivity contribution is -0.386. The molecule has 0 aromatic carbocycles. The lowest BCUT2D eigenvalue weighted by atomic mass is 9.97. The number of rotatable bonds is 5. The van der Waals surface area contributed by atoms with Gasteiger partial charge in [0.25, 0.3) is 5.91 Å². The summed E-state index contributed by atoms with van der Waals surface area (Å²) in [5, 5.41) is 15.0. The van der Waals surface area contributed by atoms with Crippen LogP contribution in [-0.2, 0) is 20.9 Å². The Morgan fingerprint density at radius 1 is 1.31 bits per heavy atom. The zero-order valence-electron chi connectivity index (χ0n) is 15.9. The highest BCUT2D eigenvalue weighted by atomic mass is 16.6. The Bertz CT molecular complexity index is 704. The Hall–Kier alpha value is -2.45. The minimum absolute atomic E-state index is 0.113. The van der Waals surface area contributed by atoms with E-state index in [9.17, 15) is 19.7 Å². The van der Waals surface area contributed by atoms with Gasteiger partial charge >= 0.3 is 11.7 Å². The number of aromatic nitrogens is 2. The average Bonchev–Trinajstić information content (AvgIpc) is 2.80. The van der Waals surface area contributed by atoms with Crippen LogP contribution in [0.1, 0.15) is 51.4 Å². The van der Waals surface area contributed by atoms with Crippen molar-refractivity contribution in [3.05, 3.63) is 21.5 Å². The molecule has 0 unspecified atom stereocenters. The third-order valence-corrected chi connectivity index (χ3v) is 4.91. The molecule has 144 valence electrons. The molecule has 0 radical (unpaired) electrons. The summed E-state index contributed by atoms with van der Waals surface area (Å²) in [6.07, 6.45) is 2.05. The van der Waals surface area contributed by atoms with Crippen molar-refractivity contribution in [1.29, 1.82) is 0 Å². The number of nitro groups is 1. The Kier molecular flexibility index (Phi) is 5.99. The second kappa shape index (κ2) is 7.84. The van der Waals surface area contributed by atoms with Crippen LogP contribution >= 0.6 is 0 Å². The summed E-state index contributed by atoms with van der Waals surface area (Å²) >= 11 is 0. The van der Waals surface area contributed by atoms with Gasteiger partial charge in [-0.3, -0.25) is 24.4 Å². The van der Waals surface area contributed by atoms with Gasteiger partial charge in [-0.2, -0.15) is 5.10 Å². The van der Waals surface area contributed by atoms with Crippen LogP contribution in [0.2, 0.25) is 0 Å². The van der Waals surface area contributed by atoms with Crippen LogP contribution in [0.25, 0.3) is 0 Å². The molecule has 26 heavy (non-hydrogen) atoms.